The highest BCUT2D eigenvalue weighted by molar-refractivity contribution is 7.89. The Morgan fingerprint density at radius 1 is 1.67 bits per heavy atom. The standard InChI is InChI=1S/C2H6NO2S/c1-6(2)3(4)5/h1-2H3/q+1. The molecular formula is C2H6NO2S+. The SMILES string of the molecule is C[S+](C)[N+](=O)[O-]. The van der Waals surface area contributed by atoms with Crippen molar-refractivity contribution in [3.8, 4) is 0 Å². The van der Waals surface area contributed by atoms with Gasteiger partial charge in [-0.15, -0.1) is 0 Å². The lowest BCUT2D eigenvalue weighted by molar-refractivity contribution is -0.292. The van der Waals surface area contributed by atoms with Crippen LogP contribution < -0.4 is 0 Å². The van der Waals surface area contributed by atoms with E-state index in [1.807, 2.05) is 0 Å². The first-order valence-corrected chi connectivity index (χ1v) is 3.36. The van der Waals surface area contributed by atoms with Gasteiger partial charge in [0.15, 0.2) is 12.5 Å². The molecule has 0 saturated heterocycles. The molecule has 4 heteroatoms. The van der Waals surface area contributed by atoms with E-state index < -0.39 is 11.1 Å². The lowest BCUT2D eigenvalue weighted by Crippen LogP contribution is -2.06. The normalized spacial score (nSPS) is 9.17. The Bertz CT molecular complexity index is 62.6. The first kappa shape index (κ1) is 5.75. The summed E-state index contributed by atoms with van der Waals surface area (Å²) in [4.78, 5) is 9.52. The number of nitro groups is 1. The molecule has 0 bridgehead atoms. The largest absolute Gasteiger partial charge is 0.312 e. The Balaban J connectivity index is 3.26. The maximum absolute atomic E-state index is 9.52. The van der Waals surface area contributed by atoms with Crippen molar-refractivity contribution in [3.63, 3.8) is 0 Å². The molecule has 0 aromatic carbocycles. The van der Waals surface area contributed by atoms with Crippen molar-refractivity contribution in [2.45, 2.75) is 0 Å². The van der Waals surface area contributed by atoms with Crippen LogP contribution in [0, 0.1) is 10.1 Å². The van der Waals surface area contributed by atoms with Crippen LogP contribution >= 0.6 is 0 Å². The first-order chi connectivity index (χ1) is 2.64. The van der Waals surface area contributed by atoms with Crippen molar-refractivity contribution >= 4 is 11.1 Å². The van der Waals surface area contributed by atoms with Crippen LogP contribution in [0.4, 0.5) is 0 Å². The Morgan fingerprint density at radius 2 is 1.83 bits per heavy atom. The summed E-state index contributed by atoms with van der Waals surface area (Å²) < 4.78 is -0.306. The first-order valence-electron chi connectivity index (χ1n) is 1.36. The quantitative estimate of drug-likeness (QED) is 0.271. The van der Waals surface area contributed by atoms with Crippen molar-refractivity contribution in [1.29, 1.82) is 0 Å². The van der Waals surface area contributed by atoms with Crippen LogP contribution in [0.5, 0.6) is 0 Å². The molecular weight excluding hydrogens is 102 g/mol. The highest BCUT2D eigenvalue weighted by Gasteiger charge is 2.14. The Labute approximate surface area is 39.0 Å². The van der Waals surface area contributed by atoms with Gasteiger partial charge in [0.1, 0.15) is 0 Å². The highest BCUT2D eigenvalue weighted by Crippen LogP contribution is 1.79. The molecule has 0 saturated carbocycles. The molecule has 36 valence electrons. The molecule has 0 aliphatic carbocycles. The van der Waals surface area contributed by atoms with Crippen molar-refractivity contribution < 1.29 is 4.33 Å². The number of nitrogens with zero attached hydrogens (tertiary/aromatic N) is 1. The molecule has 0 rings (SSSR count). The lowest BCUT2D eigenvalue weighted by atomic mass is 11.9. The molecule has 6 heavy (non-hydrogen) atoms. The smallest absolute Gasteiger partial charge is 0.214 e. The fourth-order valence-corrected chi connectivity index (χ4v) is 0. The van der Waals surface area contributed by atoms with E-state index in [-0.39, 0.29) is 4.33 Å². The van der Waals surface area contributed by atoms with Gasteiger partial charge in [0, 0.05) is 0 Å². The molecule has 0 heterocycles. The zero-order chi connectivity index (χ0) is 5.15. The van der Waals surface area contributed by atoms with Gasteiger partial charge in [-0.3, -0.25) is 0 Å². The van der Waals surface area contributed by atoms with Gasteiger partial charge in [0.05, 0.1) is 0 Å². The van der Waals surface area contributed by atoms with Gasteiger partial charge in [-0.2, -0.15) is 0 Å². The maximum atomic E-state index is 9.52. The zero-order valence-corrected chi connectivity index (χ0v) is 4.49. The minimum Gasteiger partial charge on any atom is -0.214 e. The molecule has 0 aromatic rings. The summed E-state index contributed by atoms with van der Waals surface area (Å²) in [5, 5.41) is 9.52. The second kappa shape index (κ2) is 2.02. The summed E-state index contributed by atoms with van der Waals surface area (Å²) in [6.45, 7) is 0. The van der Waals surface area contributed by atoms with Crippen molar-refractivity contribution in [2.75, 3.05) is 12.5 Å². The minimum absolute atomic E-state index is 0.306. The van der Waals surface area contributed by atoms with E-state index in [4.69, 9.17) is 0 Å². The molecule has 0 aliphatic heterocycles. The van der Waals surface area contributed by atoms with Crippen LogP contribution in [0.3, 0.4) is 0 Å². The molecule has 0 fully saturated rings. The van der Waals surface area contributed by atoms with Gasteiger partial charge >= 0.3 is 11.1 Å². The van der Waals surface area contributed by atoms with Gasteiger partial charge in [0.2, 0.25) is 0 Å². The average molecular weight is 108 g/mol. The molecule has 0 atom stereocenters. The summed E-state index contributed by atoms with van der Waals surface area (Å²) >= 11 is -0.645. The fourth-order valence-electron chi connectivity index (χ4n) is 0. The van der Waals surface area contributed by atoms with Gasteiger partial charge in [-0.25, -0.2) is 10.1 Å². The lowest BCUT2D eigenvalue weighted by Gasteiger charge is -1.74. The van der Waals surface area contributed by atoms with E-state index in [0.29, 0.717) is 0 Å². The second-order valence-corrected chi connectivity index (χ2v) is 2.84. The van der Waals surface area contributed by atoms with E-state index in [9.17, 15) is 10.1 Å². The summed E-state index contributed by atoms with van der Waals surface area (Å²) in [6, 6.07) is 0. The predicted octanol–water partition coefficient (Wildman–Crippen LogP) is 0.0560. The highest BCUT2D eigenvalue weighted by atomic mass is 32.2. The summed E-state index contributed by atoms with van der Waals surface area (Å²) in [5.74, 6) is 0. The number of hydrogen-bond donors (Lipinski definition) is 0. The van der Waals surface area contributed by atoms with Crippen LogP contribution in [0.25, 0.3) is 0 Å². The minimum atomic E-state index is -0.645. The van der Waals surface area contributed by atoms with Gasteiger partial charge < -0.3 is 0 Å². The van der Waals surface area contributed by atoms with Crippen molar-refractivity contribution in [2.24, 2.45) is 0 Å². The van der Waals surface area contributed by atoms with Crippen LogP contribution in [0.1, 0.15) is 0 Å². The van der Waals surface area contributed by atoms with E-state index in [1.54, 1.807) is 12.5 Å². The number of rotatable bonds is 1. The Morgan fingerprint density at radius 3 is 1.83 bits per heavy atom. The topological polar surface area (TPSA) is 43.1 Å². The van der Waals surface area contributed by atoms with Crippen LogP contribution in [-0.2, 0) is 11.1 Å². The number of hydrogen-bond acceptors (Lipinski definition) is 2. The maximum Gasteiger partial charge on any atom is 0.312 e. The fraction of sp³-hybridized carbons (Fsp3) is 1.00. The molecule has 0 radical (unpaired) electrons. The average Bonchev–Trinajstić information content (AvgIpc) is 1.36. The second-order valence-electron chi connectivity index (χ2n) is 0.997. The van der Waals surface area contributed by atoms with Gasteiger partial charge in [-0.1, -0.05) is 0 Å². The molecule has 0 spiro atoms. The van der Waals surface area contributed by atoms with Crippen LogP contribution in [-0.4, -0.2) is 16.8 Å². The summed E-state index contributed by atoms with van der Waals surface area (Å²) in [5.41, 5.74) is 0. The zero-order valence-electron chi connectivity index (χ0n) is 3.67. The van der Waals surface area contributed by atoms with Crippen molar-refractivity contribution in [3.05, 3.63) is 10.1 Å². The van der Waals surface area contributed by atoms with Gasteiger partial charge in [-0.05, 0) is 0 Å². The van der Waals surface area contributed by atoms with Gasteiger partial charge in [0.25, 0.3) is 4.33 Å². The van der Waals surface area contributed by atoms with Crippen molar-refractivity contribution in [1.82, 2.24) is 0 Å². The Kier molecular flexibility index (Phi) is 1.94. The molecule has 0 unspecified atom stereocenters. The molecule has 0 N–H and O–H groups in total. The van der Waals surface area contributed by atoms with Crippen LogP contribution in [0.2, 0.25) is 0 Å². The molecule has 0 amide bonds. The monoisotopic (exact) mass is 108 g/mol. The Hall–Kier alpha value is -0.250. The van der Waals surface area contributed by atoms with E-state index >= 15 is 0 Å². The molecule has 0 aromatic heterocycles. The van der Waals surface area contributed by atoms with E-state index in [0.717, 1.165) is 0 Å². The predicted molar refractivity (Wildman–Crippen MR) is 26.2 cm³/mol. The third-order valence-corrected chi connectivity index (χ3v) is 0.894. The third kappa shape index (κ3) is 2.02. The molecule has 0 aliphatic rings. The molecule has 3 nitrogen and oxygen atoms in total. The summed E-state index contributed by atoms with van der Waals surface area (Å²) in [7, 11) is 0. The van der Waals surface area contributed by atoms with E-state index in [1.165, 1.54) is 0 Å². The van der Waals surface area contributed by atoms with E-state index in [2.05, 4.69) is 0 Å². The summed E-state index contributed by atoms with van der Waals surface area (Å²) in [6.07, 6.45) is 3.14. The third-order valence-electron chi connectivity index (χ3n) is 0.298. The van der Waals surface area contributed by atoms with Crippen LogP contribution in [0.15, 0.2) is 0 Å².